The minimum Gasteiger partial charge on any atom is -0.473 e. The van der Waals surface area contributed by atoms with E-state index in [1.807, 2.05) is 19.1 Å². The molecule has 2 fully saturated rings. The van der Waals surface area contributed by atoms with Crippen molar-refractivity contribution >= 4 is 29.0 Å². The number of piperazine rings is 1. The maximum absolute atomic E-state index is 15.1. The van der Waals surface area contributed by atoms with E-state index in [1.165, 1.54) is 31.5 Å². The molecule has 3 atom stereocenters. The van der Waals surface area contributed by atoms with Crippen molar-refractivity contribution in [3.8, 4) is 23.1 Å². The summed E-state index contributed by atoms with van der Waals surface area (Å²) in [6.45, 7) is 6.99. The van der Waals surface area contributed by atoms with Gasteiger partial charge in [0.1, 0.15) is 6.07 Å². The zero-order chi connectivity index (χ0) is 33.5. The van der Waals surface area contributed by atoms with Crippen LogP contribution in [0.15, 0.2) is 48.9 Å². The fourth-order valence-corrected chi connectivity index (χ4v) is 5.98. The van der Waals surface area contributed by atoms with Crippen LogP contribution in [0.25, 0.3) is 16.9 Å². The monoisotopic (exact) mass is 644 g/mol. The first kappa shape index (κ1) is 31.8. The summed E-state index contributed by atoms with van der Waals surface area (Å²) in [6.07, 6.45) is 3.90. The van der Waals surface area contributed by atoms with Crippen LogP contribution in [-0.2, 0) is 4.79 Å². The summed E-state index contributed by atoms with van der Waals surface area (Å²) in [5.74, 6) is -2.52. The first-order valence-electron chi connectivity index (χ1n) is 15.2. The number of rotatable bonds is 7. The number of fused-ring (bicyclic) bond motifs is 1. The lowest BCUT2D eigenvalue weighted by Crippen LogP contribution is -2.54. The molecule has 2 aliphatic heterocycles. The van der Waals surface area contributed by atoms with Crippen molar-refractivity contribution < 1.29 is 28.2 Å². The number of hydrogen-bond acceptors (Lipinski definition) is 9. The van der Waals surface area contributed by atoms with Crippen LogP contribution >= 0.6 is 0 Å². The maximum Gasteiger partial charge on any atom is 0.254 e. The first-order valence-corrected chi connectivity index (χ1v) is 15.2. The summed E-state index contributed by atoms with van der Waals surface area (Å²) >= 11 is 0. The Morgan fingerprint density at radius 2 is 1.89 bits per heavy atom. The zero-order valence-electron chi connectivity index (χ0n) is 26.1. The predicted molar refractivity (Wildman–Crippen MR) is 168 cm³/mol. The highest BCUT2D eigenvalue weighted by molar-refractivity contribution is 5.96. The molecule has 0 saturated carbocycles. The minimum atomic E-state index is -1.20. The molecule has 244 valence electrons. The van der Waals surface area contributed by atoms with E-state index in [0.717, 1.165) is 5.56 Å². The second kappa shape index (κ2) is 12.6. The molecule has 4 aromatic rings. The lowest BCUT2D eigenvalue weighted by Gasteiger charge is -2.36. The van der Waals surface area contributed by atoms with Gasteiger partial charge in [0.25, 0.3) is 5.91 Å². The van der Waals surface area contributed by atoms with Crippen LogP contribution in [0.1, 0.15) is 36.2 Å². The van der Waals surface area contributed by atoms with E-state index in [1.54, 1.807) is 39.5 Å². The van der Waals surface area contributed by atoms with Gasteiger partial charge in [0.2, 0.25) is 11.7 Å². The standard InChI is InChI=1S/C33H34F2N8O4/c1-19-14-21(4-5-22(19)31(44)41-10-12-42(13-11-41)32(45)24-15-33(3,46)18-39-24)40-29-30-38-17-25(43(30)9-8-37-29)23-6-7-26(28(35)27(23)34)47-20(2)16-36/h4-9,14,17,20,24,39,46H,10-13,15,18H2,1-3H3,(H,37,40)/t20-,24-,33-/m0/s1. The van der Waals surface area contributed by atoms with Crippen molar-refractivity contribution in [2.45, 2.75) is 44.9 Å². The molecule has 0 unspecified atom stereocenters. The molecule has 0 radical (unpaired) electrons. The van der Waals surface area contributed by atoms with Gasteiger partial charge in [-0.1, -0.05) is 0 Å². The highest BCUT2D eigenvalue weighted by Gasteiger charge is 2.39. The Morgan fingerprint density at radius 1 is 1.15 bits per heavy atom. The Balaban J connectivity index is 1.14. The molecule has 2 aromatic heterocycles. The second-order valence-electron chi connectivity index (χ2n) is 12.1. The van der Waals surface area contributed by atoms with Gasteiger partial charge in [-0.05, 0) is 56.7 Å². The van der Waals surface area contributed by atoms with Gasteiger partial charge in [0.15, 0.2) is 29.1 Å². The molecule has 3 N–H and O–H groups in total. The quantitative estimate of drug-likeness (QED) is 0.275. The number of ether oxygens (including phenoxy) is 1. The van der Waals surface area contributed by atoms with Gasteiger partial charge in [-0.3, -0.25) is 14.0 Å². The summed E-state index contributed by atoms with van der Waals surface area (Å²) in [5.41, 5.74) is 1.61. The van der Waals surface area contributed by atoms with E-state index in [-0.39, 0.29) is 28.8 Å². The number of nitrogens with one attached hydrogen (secondary N) is 2. The number of halogens is 2. The summed E-state index contributed by atoms with van der Waals surface area (Å²) in [7, 11) is 0. The Bertz CT molecular complexity index is 1900. The Morgan fingerprint density at radius 3 is 2.57 bits per heavy atom. The topological polar surface area (TPSA) is 148 Å². The van der Waals surface area contributed by atoms with Crippen molar-refractivity contribution in [2.24, 2.45) is 0 Å². The summed E-state index contributed by atoms with van der Waals surface area (Å²) < 4.78 is 36.6. The van der Waals surface area contributed by atoms with Gasteiger partial charge >= 0.3 is 0 Å². The molecule has 4 heterocycles. The van der Waals surface area contributed by atoms with Crippen LogP contribution in [0.4, 0.5) is 20.3 Å². The summed E-state index contributed by atoms with van der Waals surface area (Å²) in [4.78, 5) is 38.6. The Hall–Kier alpha value is -5.13. The molecular formula is C33H34F2N8O4. The van der Waals surface area contributed by atoms with Crippen molar-refractivity contribution in [1.82, 2.24) is 29.5 Å². The third-order valence-electron chi connectivity index (χ3n) is 8.51. The zero-order valence-corrected chi connectivity index (χ0v) is 26.1. The number of aliphatic hydroxyl groups is 1. The van der Waals surface area contributed by atoms with Gasteiger partial charge in [0.05, 0.1) is 23.5 Å². The van der Waals surface area contributed by atoms with Crippen LogP contribution in [0.2, 0.25) is 0 Å². The van der Waals surface area contributed by atoms with Gasteiger partial charge in [-0.25, -0.2) is 14.4 Å². The number of imidazole rings is 1. The van der Waals surface area contributed by atoms with Crippen molar-refractivity contribution in [3.63, 3.8) is 0 Å². The number of hydrogen-bond donors (Lipinski definition) is 3. The molecule has 2 amide bonds. The van der Waals surface area contributed by atoms with Crippen LogP contribution in [0.3, 0.4) is 0 Å². The SMILES string of the molecule is Cc1cc(Nc2nccn3c(-c4ccc(O[C@@H](C)C#N)c(F)c4F)cnc23)ccc1C(=O)N1CCN(C(=O)[C@@H]2C[C@](C)(O)CN2)CC1. The maximum atomic E-state index is 15.1. The van der Waals surface area contributed by atoms with E-state index in [2.05, 4.69) is 20.6 Å². The van der Waals surface area contributed by atoms with Crippen molar-refractivity contribution in [3.05, 3.63) is 71.7 Å². The molecule has 47 heavy (non-hydrogen) atoms. The number of nitrogens with zero attached hydrogens (tertiary/aromatic N) is 6. The molecule has 0 bridgehead atoms. The molecule has 2 aliphatic rings. The highest BCUT2D eigenvalue weighted by atomic mass is 19.2. The molecular weight excluding hydrogens is 610 g/mol. The number of aryl methyl sites for hydroxylation is 1. The fraction of sp³-hybridized carbons (Fsp3) is 0.364. The van der Waals surface area contributed by atoms with Crippen LogP contribution < -0.4 is 15.4 Å². The number of benzene rings is 2. The third kappa shape index (κ3) is 6.32. The van der Waals surface area contributed by atoms with Gasteiger partial charge in [-0.2, -0.15) is 9.65 Å². The van der Waals surface area contributed by atoms with E-state index in [0.29, 0.717) is 61.9 Å². The highest BCUT2D eigenvalue weighted by Crippen LogP contribution is 2.32. The van der Waals surface area contributed by atoms with Gasteiger partial charge in [-0.15, -0.1) is 0 Å². The van der Waals surface area contributed by atoms with Crippen LogP contribution in [-0.4, -0.2) is 91.6 Å². The minimum absolute atomic E-state index is 0.0450. The molecule has 12 nitrogen and oxygen atoms in total. The number of anilines is 2. The summed E-state index contributed by atoms with van der Waals surface area (Å²) in [5, 5.41) is 25.4. The molecule has 0 spiro atoms. The fourth-order valence-electron chi connectivity index (χ4n) is 5.98. The Labute approximate surface area is 269 Å². The average molecular weight is 645 g/mol. The average Bonchev–Trinajstić information content (AvgIpc) is 3.66. The number of aromatic nitrogens is 3. The molecule has 6 rings (SSSR count). The molecule has 14 heteroatoms. The van der Waals surface area contributed by atoms with Gasteiger partial charge in [0, 0.05) is 68.4 Å². The van der Waals surface area contributed by atoms with Gasteiger partial charge < -0.3 is 30.3 Å². The Kier molecular flexibility index (Phi) is 8.52. The number of carbonyl (C=O) groups excluding carboxylic acids is 2. The van der Waals surface area contributed by atoms with Crippen LogP contribution in [0, 0.1) is 29.9 Å². The lowest BCUT2D eigenvalue weighted by molar-refractivity contribution is -0.134. The normalized spacial score (nSPS) is 20.2. The van der Waals surface area contributed by atoms with E-state index in [4.69, 9.17) is 10.00 Å². The van der Waals surface area contributed by atoms with Crippen LogP contribution in [0.5, 0.6) is 5.75 Å². The first-order chi connectivity index (χ1) is 22.5. The van der Waals surface area contributed by atoms with Crippen molar-refractivity contribution in [1.29, 1.82) is 5.26 Å². The van der Waals surface area contributed by atoms with E-state index >= 15 is 4.39 Å². The van der Waals surface area contributed by atoms with E-state index in [9.17, 15) is 19.1 Å². The number of carbonyl (C=O) groups is 2. The predicted octanol–water partition coefficient (Wildman–Crippen LogP) is 3.41. The number of nitriles is 1. The molecule has 0 aliphatic carbocycles. The summed E-state index contributed by atoms with van der Waals surface area (Å²) in [6, 6.07) is 9.33. The molecule has 2 saturated heterocycles. The van der Waals surface area contributed by atoms with Crippen molar-refractivity contribution in [2.75, 3.05) is 38.0 Å². The largest absolute Gasteiger partial charge is 0.473 e. The number of amides is 2. The third-order valence-corrected chi connectivity index (χ3v) is 8.51. The second-order valence-corrected chi connectivity index (χ2v) is 12.1. The molecule has 2 aromatic carbocycles. The lowest BCUT2D eigenvalue weighted by atomic mass is 10.0. The smallest absolute Gasteiger partial charge is 0.254 e. The number of β-amino-alcohol motifs (C(OH)–C–C–N with tert-alkyl or cyclic N) is 1. The van der Waals surface area contributed by atoms with E-state index < -0.39 is 29.4 Å².